The molecule has 1 N–H and O–H groups in total. The van der Waals surface area contributed by atoms with Crippen molar-refractivity contribution in [2.45, 2.75) is 32.2 Å². The fourth-order valence-corrected chi connectivity index (χ4v) is 3.20. The number of anilines is 1. The summed E-state index contributed by atoms with van der Waals surface area (Å²) in [5, 5.41) is 3.04. The molecule has 0 radical (unpaired) electrons. The summed E-state index contributed by atoms with van der Waals surface area (Å²) in [5.41, 5.74) is 2.26. The highest BCUT2D eigenvalue weighted by Gasteiger charge is 2.35. The highest BCUT2D eigenvalue weighted by molar-refractivity contribution is 5.82. The number of rotatable bonds is 5. The first-order valence-electron chi connectivity index (χ1n) is 8.87. The molecule has 0 bridgehead atoms. The maximum atomic E-state index is 12.3. The average molecular weight is 329 g/mol. The van der Waals surface area contributed by atoms with E-state index in [4.69, 9.17) is 0 Å². The lowest BCUT2D eigenvalue weighted by atomic mass is 9.95. The van der Waals surface area contributed by atoms with Gasteiger partial charge in [0.25, 0.3) is 0 Å². The van der Waals surface area contributed by atoms with Crippen LogP contribution >= 0.6 is 0 Å². The zero-order valence-corrected chi connectivity index (χ0v) is 14.6. The lowest BCUT2D eigenvalue weighted by Crippen LogP contribution is -2.43. The Labute approximate surface area is 144 Å². The predicted molar refractivity (Wildman–Crippen MR) is 94.6 cm³/mol. The molecule has 1 saturated carbocycles. The van der Waals surface area contributed by atoms with Crippen molar-refractivity contribution >= 4 is 17.5 Å². The van der Waals surface area contributed by atoms with Crippen LogP contribution in [0.4, 0.5) is 5.69 Å². The molecular formula is C19H27N3O2. The van der Waals surface area contributed by atoms with Gasteiger partial charge in [-0.25, -0.2) is 0 Å². The molecule has 0 atom stereocenters. The topological polar surface area (TPSA) is 52.7 Å². The molecule has 24 heavy (non-hydrogen) atoms. The van der Waals surface area contributed by atoms with Crippen LogP contribution in [0, 0.1) is 11.8 Å². The van der Waals surface area contributed by atoms with Gasteiger partial charge in [0.05, 0.1) is 0 Å². The molecule has 5 heteroatoms. The van der Waals surface area contributed by atoms with E-state index >= 15 is 0 Å². The summed E-state index contributed by atoms with van der Waals surface area (Å²) in [6.07, 6.45) is 3.66. The maximum Gasteiger partial charge on any atom is 0.225 e. The molecule has 1 aliphatic heterocycles. The Bertz CT molecular complexity index is 585. The predicted octanol–water partition coefficient (Wildman–Crippen LogP) is 2.02. The van der Waals surface area contributed by atoms with Crippen molar-refractivity contribution in [2.24, 2.45) is 11.8 Å². The van der Waals surface area contributed by atoms with Crippen LogP contribution in [0.1, 0.15) is 31.2 Å². The molecule has 130 valence electrons. The van der Waals surface area contributed by atoms with Gasteiger partial charge in [0.2, 0.25) is 11.8 Å². The minimum atomic E-state index is 0.0364. The summed E-state index contributed by atoms with van der Waals surface area (Å²) in [4.78, 5) is 28.4. The molecule has 0 aromatic heterocycles. The summed E-state index contributed by atoms with van der Waals surface area (Å²) in [6.45, 7) is 2.02. The molecule has 5 nitrogen and oxygen atoms in total. The Morgan fingerprint density at radius 1 is 1.04 bits per heavy atom. The van der Waals surface area contributed by atoms with Gasteiger partial charge in [-0.2, -0.15) is 0 Å². The second-order valence-electron chi connectivity index (χ2n) is 7.15. The number of amides is 2. The maximum absolute atomic E-state index is 12.3. The summed E-state index contributed by atoms with van der Waals surface area (Å²) >= 11 is 0. The molecule has 2 fully saturated rings. The zero-order chi connectivity index (χ0) is 17.1. The second-order valence-corrected chi connectivity index (χ2v) is 7.15. The monoisotopic (exact) mass is 329 g/mol. The van der Waals surface area contributed by atoms with Crippen LogP contribution in [0.5, 0.6) is 0 Å². The number of hydrogen-bond donors (Lipinski definition) is 1. The molecule has 1 heterocycles. The molecule has 2 aliphatic rings. The minimum absolute atomic E-state index is 0.0364. The number of carbonyl (C=O) groups excluding carboxylic acids is 2. The lowest BCUT2D eigenvalue weighted by molar-refractivity contribution is -0.136. The third-order valence-corrected chi connectivity index (χ3v) is 5.02. The normalized spacial score (nSPS) is 18.3. The highest BCUT2D eigenvalue weighted by atomic mass is 16.2. The van der Waals surface area contributed by atoms with E-state index in [1.165, 1.54) is 0 Å². The first-order chi connectivity index (χ1) is 11.5. The van der Waals surface area contributed by atoms with E-state index in [9.17, 15) is 9.59 Å². The van der Waals surface area contributed by atoms with E-state index in [1.807, 2.05) is 31.1 Å². The number of piperidine rings is 1. The number of benzene rings is 1. The van der Waals surface area contributed by atoms with Crippen LogP contribution in [0.2, 0.25) is 0 Å². The smallest absolute Gasteiger partial charge is 0.225 e. The Kier molecular flexibility index (Phi) is 5.07. The van der Waals surface area contributed by atoms with Gasteiger partial charge in [0.15, 0.2) is 0 Å². The molecule has 1 saturated heterocycles. The fourth-order valence-electron chi connectivity index (χ4n) is 3.20. The minimum Gasteiger partial charge on any atom is -0.378 e. The molecule has 0 spiro atoms. The number of carbonyl (C=O) groups is 2. The van der Waals surface area contributed by atoms with Crippen molar-refractivity contribution in [1.29, 1.82) is 0 Å². The van der Waals surface area contributed by atoms with Crippen LogP contribution in [0.15, 0.2) is 24.3 Å². The Balaban J connectivity index is 1.43. The van der Waals surface area contributed by atoms with E-state index in [-0.39, 0.29) is 17.7 Å². The van der Waals surface area contributed by atoms with Crippen molar-refractivity contribution < 1.29 is 9.59 Å². The van der Waals surface area contributed by atoms with Gasteiger partial charge in [0, 0.05) is 51.3 Å². The standard InChI is InChI=1S/C19H27N3O2/c1-21(2)17-7-3-14(4-8-17)13-20-18(23)15-9-11-22(12-10-15)19(24)16-5-6-16/h3-4,7-8,15-16H,5-6,9-13H2,1-2H3,(H,20,23). The van der Waals surface area contributed by atoms with Crippen LogP contribution in [-0.4, -0.2) is 43.9 Å². The van der Waals surface area contributed by atoms with Crippen molar-refractivity contribution in [3.63, 3.8) is 0 Å². The van der Waals surface area contributed by atoms with Crippen LogP contribution < -0.4 is 10.2 Å². The number of likely N-dealkylation sites (tertiary alicyclic amines) is 1. The molecule has 1 aromatic carbocycles. The number of nitrogens with one attached hydrogen (secondary N) is 1. The molecule has 3 rings (SSSR count). The Morgan fingerprint density at radius 3 is 2.21 bits per heavy atom. The summed E-state index contributed by atoms with van der Waals surface area (Å²) < 4.78 is 0. The molecule has 1 aromatic rings. The molecule has 0 unspecified atom stereocenters. The van der Waals surface area contributed by atoms with Gasteiger partial charge in [-0.05, 0) is 43.4 Å². The Morgan fingerprint density at radius 2 is 1.67 bits per heavy atom. The van der Waals surface area contributed by atoms with Crippen LogP contribution in [0.3, 0.4) is 0 Å². The van der Waals surface area contributed by atoms with Crippen LogP contribution in [-0.2, 0) is 16.1 Å². The average Bonchev–Trinajstić information content (AvgIpc) is 3.44. The summed E-state index contributed by atoms with van der Waals surface area (Å²) in [7, 11) is 4.02. The quantitative estimate of drug-likeness (QED) is 0.899. The van der Waals surface area contributed by atoms with Gasteiger partial charge >= 0.3 is 0 Å². The van der Waals surface area contributed by atoms with Gasteiger partial charge in [-0.3, -0.25) is 9.59 Å². The van der Waals surface area contributed by atoms with E-state index in [0.29, 0.717) is 12.5 Å². The third-order valence-electron chi connectivity index (χ3n) is 5.02. The van der Waals surface area contributed by atoms with Crippen LogP contribution in [0.25, 0.3) is 0 Å². The fraction of sp³-hybridized carbons (Fsp3) is 0.579. The lowest BCUT2D eigenvalue weighted by Gasteiger charge is -2.31. The Hall–Kier alpha value is -2.04. The van der Waals surface area contributed by atoms with Gasteiger partial charge in [0.1, 0.15) is 0 Å². The molecular weight excluding hydrogens is 302 g/mol. The first-order valence-corrected chi connectivity index (χ1v) is 8.87. The number of nitrogens with zero attached hydrogens (tertiary/aromatic N) is 2. The van der Waals surface area contributed by atoms with Crippen molar-refractivity contribution in [3.05, 3.63) is 29.8 Å². The second kappa shape index (κ2) is 7.24. The van der Waals surface area contributed by atoms with Crippen molar-refractivity contribution in [2.75, 3.05) is 32.1 Å². The van der Waals surface area contributed by atoms with E-state index < -0.39 is 0 Å². The van der Waals surface area contributed by atoms with E-state index in [0.717, 1.165) is 50.0 Å². The molecule has 1 aliphatic carbocycles. The van der Waals surface area contributed by atoms with E-state index in [2.05, 4.69) is 22.3 Å². The highest BCUT2D eigenvalue weighted by Crippen LogP contribution is 2.32. The van der Waals surface area contributed by atoms with Gasteiger partial charge in [-0.1, -0.05) is 12.1 Å². The third kappa shape index (κ3) is 4.08. The summed E-state index contributed by atoms with van der Waals surface area (Å²) in [5.74, 6) is 0.731. The van der Waals surface area contributed by atoms with Crippen molar-refractivity contribution in [1.82, 2.24) is 10.2 Å². The molecule has 2 amide bonds. The largest absolute Gasteiger partial charge is 0.378 e. The zero-order valence-electron chi connectivity index (χ0n) is 14.6. The SMILES string of the molecule is CN(C)c1ccc(CNC(=O)C2CCN(C(=O)C3CC3)CC2)cc1. The van der Waals surface area contributed by atoms with Crippen molar-refractivity contribution in [3.8, 4) is 0 Å². The van der Waals surface area contributed by atoms with Gasteiger partial charge in [-0.15, -0.1) is 0 Å². The van der Waals surface area contributed by atoms with Gasteiger partial charge < -0.3 is 15.1 Å². The first kappa shape index (κ1) is 16.8. The van der Waals surface area contributed by atoms with E-state index in [1.54, 1.807) is 0 Å². The number of hydrogen-bond acceptors (Lipinski definition) is 3. The summed E-state index contributed by atoms with van der Waals surface area (Å²) in [6, 6.07) is 8.21.